The van der Waals surface area contributed by atoms with Crippen LogP contribution in [-0.4, -0.2) is 16.4 Å². The van der Waals surface area contributed by atoms with Gasteiger partial charge in [0.25, 0.3) is 5.91 Å². The number of alkyl halides is 1. The Hall–Kier alpha value is -0.230. The van der Waals surface area contributed by atoms with Crippen molar-refractivity contribution in [2.75, 3.05) is 4.43 Å². The Morgan fingerprint density at radius 1 is 1.60 bits per heavy atom. The Bertz CT molecular complexity index is 338. The molecule has 15 heavy (non-hydrogen) atoms. The van der Waals surface area contributed by atoms with E-state index >= 15 is 0 Å². The average molecular weight is 342 g/mol. The molecule has 0 saturated carbocycles. The Kier molecular flexibility index (Phi) is 4.92. The van der Waals surface area contributed by atoms with Crippen LogP contribution in [0.2, 0.25) is 5.22 Å². The van der Waals surface area contributed by atoms with E-state index in [2.05, 4.69) is 41.8 Å². The fraction of sp³-hybridized carbons (Fsp3) is 0.500. The normalized spacial score (nSPS) is 12.9. The summed E-state index contributed by atoms with van der Waals surface area (Å²) in [5, 5.41) is 3.13. The highest BCUT2D eigenvalue weighted by Gasteiger charge is 2.17. The lowest BCUT2D eigenvalue weighted by atomic mass is 10.1. The molecule has 0 spiro atoms. The minimum atomic E-state index is -0.211. The summed E-state index contributed by atoms with van der Waals surface area (Å²) < 4.78 is 5.89. The molecule has 5 heteroatoms. The minimum absolute atomic E-state index is 0.155. The molecule has 0 aliphatic carbocycles. The molecule has 1 unspecified atom stereocenters. The van der Waals surface area contributed by atoms with Crippen LogP contribution in [0.15, 0.2) is 16.5 Å². The molecule has 1 heterocycles. The predicted molar refractivity (Wildman–Crippen MR) is 68.7 cm³/mol. The molecule has 0 fully saturated rings. The zero-order valence-corrected chi connectivity index (χ0v) is 11.5. The zero-order valence-electron chi connectivity index (χ0n) is 8.59. The second-order valence-corrected chi connectivity index (χ2v) is 4.84. The van der Waals surface area contributed by atoms with Crippen molar-refractivity contribution in [1.82, 2.24) is 5.32 Å². The summed E-state index contributed by atoms with van der Waals surface area (Å²) in [4.78, 5) is 11.7. The predicted octanol–water partition coefficient (Wildman–Crippen LogP) is 3.12. The molecule has 1 amide bonds. The highest BCUT2D eigenvalue weighted by Crippen LogP contribution is 2.14. The second-order valence-electron chi connectivity index (χ2n) is 3.58. The zero-order chi connectivity index (χ0) is 11.4. The molecule has 0 saturated heterocycles. The van der Waals surface area contributed by atoms with Crippen molar-refractivity contribution >= 4 is 40.1 Å². The fourth-order valence-corrected chi connectivity index (χ4v) is 2.44. The minimum Gasteiger partial charge on any atom is -0.440 e. The van der Waals surface area contributed by atoms with Gasteiger partial charge >= 0.3 is 0 Å². The number of carbonyl (C=O) groups is 1. The summed E-state index contributed by atoms with van der Waals surface area (Å²) in [5.41, 5.74) is 0. The van der Waals surface area contributed by atoms with Gasteiger partial charge in [-0.3, -0.25) is 4.79 Å². The lowest BCUT2D eigenvalue weighted by molar-refractivity contribution is 0.0904. The summed E-state index contributed by atoms with van der Waals surface area (Å²) in [6, 6.07) is 3.29. The average Bonchev–Trinajstić information content (AvgIpc) is 2.60. The van der Waals surface area contributed by atoms with E-state index < -0.39 is 0 Å². The van der Waals surface area contributed by atoms with Gasteiger partial charge in [-0.2, -0.15) is 0 Å². The molecule has 3 nitrogen and oxygen atoms in total. The van der Waals surface area contributed by atoms with Crippen molar-refractivity contribution < 1.29 is 9.21 Å². The van der Waals surface area contributed by atoms with Crippen LogP contribution in [-0.2, 0) is 0 Å². The maximum absolute atomic E-state index is 11.7. The van der Waals surface area contributed by atoms with E-state index in [1.54, 1.807) is 12.1 Å². The van der Waals surface area contributed by atoms with E-state index in [1.807, 2.05) is 0 Å². The molecule has 0 bridgehead atoms. The van der Waals surface area contributed by atoms with Gasteiger partial charge in [0.05, 0.1) is 0 Å². The van der Waals surface area contributed by atoms with Crippen LogP contribution in [0, 0.1) is 5.92 Å². The van der Waals surface area contributed by atoms with E-state index in [1.165, 1.54) is 0 Å². The van der Waals surface area contributed by atoms with Gasteiger partial charge in [-0.15, -0.1) is 0 Å². The largest absolute Gasteiger partial charge is 0.440 e. The first-order valence-corrected chi connectivity index (χ1v) is 6.57. The highest BCUT2D eigenvalue weighted by atomic mass is 127. The van der Waals surface area contributed by atoms with E-state index in [9.17, 15) is 4.79 Å². The quantitative estimate of drug-likeness (QED) is 0.675. The van der Waals surface area contributed by atoms with Gasteiger partial charge in [0.15, 0.2) is 11.0 Å². The summed E-state index contributed by atoms with van der Waals surface area (Å²) in [6.07, 6.45) is 0. The Balaban J connectivity index is 2.62. The summed E-state index contributed by atoms with van der Waals surface area (Å²) in [6.45, 7) is 4.14. The molecule has 0 radical (unpaired) electrons. The maximum Gasteiger partial charge on any atom is 0.287 e. The van der Waals surface area contributed by atoms with Crippen LogP contribution in [0.3, 0.4) is 0 Å². The number of hydrogen-bond donors (Lipinski definition) is 1. The van der Waals surface area contributed by atoms with E-state index in [0.29, 0.717) is 5.92 Å². The first-order chi connectivity index (χ1) is 7.04. The number of rotatable bonds is 4. The molecular formula is C10H13ClINO2. The molecule has 1 N–H and O–H groups in total. The van der Waals surface area contributed by atoms with Crippen LogP contribution in [0.25, 0.3) is 0 Å². The molecule has 0 aromatic carbocycles. The summed E-state index contributed by atoms with van der Waals surface area (Å²) in [5.74, 6) is 0.448. The molecule has 1 atom stereocenters. The molecule has 0 aliphatic heterocycles. The Morgan fingerprint density at radius 3 is 2.67 bits per heavy atom. The molecule has 0 aliphatic rings. The van der Waals surface area contributed by atoms with Gasteiger partial charge in [0.1, 0.15) is 0 Å². The van der Waals surface area contributed by atoms with E-state index in [-0.39, 0.29) is 22.9 Å². The van der Waals surface area contributed by atoms with Gasteiger partial charge < -0.3 is 9.73 Å². The van der Waals surface area contributed by atoms with Gasteiger partial charge in [-0.1, -0.05) is 36.4 Å². The topological polar surface area (TPSA) is 42.2 Å². The van der Waals surface area contributed by atoms with Gasteiger partial charge in [-0.25, -0.2) is 0 Å². The van der Waals surface area contributed by atoms with Crippen molar-refractivity contribution in [2.45, 2.75) is 19.9 Å². The Morgan fingerprint density at radius 2 is 2.27 bits per heavy atom. The number of halogens is 2. The van der Waals surface area contributed by atoms with Gasteiger partial charge in [-0.05, 0) is 29.7 Å². The van der Waals surface area contributed by atoms with Crippen LogP contribution in [0.5, 0.6) is 0 Å². The first-order valence-electron chi connectivity index (χ1n) is 4.66. The van der Waals surface area contributed by atoms with Crippen LogP contribution >= 0.6 is 34.2 Å². The number of carbonyl (C=O) groups excluding carboxylic acids is 1. The van der Waals surface area contributed by atoms with Crippen LogP contribution in [0.4, 0.5) is 0 Å². The van der Waals surface area contributed by atoms with Crippen molar-refractivity contribution in [3.63, 3.8) is 0 Å². The summed E-state index contributed by atoms with van der Waals surface area (Å²) >= 11 is 7.84. The number of furan rings is 1. The van der Waals surface area contributed by atoms with Crippen molar-refractivity contribution in [3.8, 4) is 0 Å². The number of amides is 1. The third-order valence-corrected chi connectivity index (χ3v) is 3.24. The number of nitrogens with one attached hydrogen (secondary N) is 1. The van der Waals surface area contributed by atoms with Crippen LogP contribution in [0.1, 0.15) is 24.4 Å². The lowest BCUT2D eigenvalue weighted by Crippen LogP contribution is -2.39. The molecule has 84 valence electrons. The molecule has 1 aromatic rings. The fourth-order valence-electron chi connectivity index (χ4n) is 1.06. The van der Waals surface area contributed by atoms with Crippen molar-refractivity contribution in [1.29, 1.82) is 0 Å². The third kappa shape index (κ3) is 3.68. The van der Waals surface area contributed by atoms with Crippen molar-refractivity contribution in [3.05, 3.63) is 23.1 Å². The van der Waals surface area contributed by atoms with E-state index in [0.717, 1.165) is 4.43 Å². The van der Waals surface area contributed by atoms with Crippen molar-refractivity contribution in [2.24, 2.45) is 5.92 Å². The summed E-state index contributed by atoms with van der Waals surface area (Å²) in [7, 11) is 0. The smallest absolute Gasteiger partial charge is 0.287 e. The van der Waals surface area contributed by atoms with E-state index in [4.69, 9.17) is 16.0 Å². The molecule has 1 aromatic heterocycles. The molecule has 1 rings (SSSR count). The highest BCUT2D eigenvalue weighted by molar-refractivity contribution is 14.1. The SMILES string of the molecule is CC(C)C(CI)NC(=O)c1ccc(Cl)o1. The van der Waals surface area contributed by atoms with Crippen LogP contribution < -0.4 is 5.32 Å². The second kappa shape index (κ2) is 5.75. The third-order valence-electron chi connectivity index (χ3n) is 2.08. The lowest BCUT2D eigenvalue weighted by Gasteiger charge is -2.18. The van der Waals surface area contributed by atoms with Gasteiger partial charge in [0.2, 0.25) is 0 Å². The van der Waals surface area contributed by atoms with Gasteiger partial charge in [0, 0.05) is 10.5 Å². The number of hydrogen-bond acceptors (Lipinski definition) is 2. The standard InChI is InChI=1S/C10H13ClINO2/c1-6(2)7(5-12)13-10(14)8-3-4-9(11)15-8/h3-4,6-7H,5H2,1-2H3,(H,13,14). The first kappa shape index (κ1) is 12.8. The Labute approximate surface area is 108 Å². The monoisotopic (exact) mass is 341 g/mol. The molecular weight excluding hydrogens is 328 g/mol. The maximum atomic E-state index is 11.7.